The second-order valence-corrected chi connectivity index (χ2v) is 7.73. The third-order valence-electron chi connectivity index (χ3n) is 5.00. The quantitative estimate of drug-likeness (QED) is 0.584. The summed E-state index contributed by atoms with van der Waals surface area (Å²) >= 11 is 1.59. The molecule has 0 fully saturated rings. The molecule has 3 aromatic rings. The molecule has 0 saturated heterocycles. The highest BCUT2D eigenvalue weighted by atomic mass is 32.1. The third kappa shape index (κ3) is 4.20. The number of carbonyl (C=O) groups is 1. The molecule has 27 heavy (non-hydrogen) atoms. The van der Waals surface area contributed by atoms with E-state index in [-0.39, 0.29) is 5.91 Å². The van der Waals surface area contributed by atoms with Gasteiger partial charge in [-0.1, -0.05) is 55.5 Å². The predicted octanol–water partition coefficient (Wildman–Crippen LogP) is 4.90. The molecule has 0 spiro atoms. The van der Waals surface area contributed by atoms with Gasteiger partial charge in [0, 0.05) is 18.7 Å². The van der Waals surface area contributed by atoms with E-state index in [9.17, 15) is 4.79 Å². The maximum Gasteiger partial charge on any atom is 0.260 e. The van der Waals surface area contributed by atoms with Gasteiger partial charge < -0.3 is 4.90 Å². The minimum atomic E-state index is 0.0250. The zero-order valence-corrected chi connectivity index (χ0v) is 17.3. The van der Waals surface area contributed by atoms with Gasteiger partial charge in [-0.2, -0.15) is 0 Å². The van der Waals surface area contributed by atoms with Gasteiger partial charge in [0.2, 0.25) is 0 Å². The molecule has 0 N–H and O–H groups in total. The van der Waals surface area contributed by atoms with Gasteiger partial charge in [0.1, 0.15) is 0 Å². The summed E-state index contributed by atoms with van der Waals surface area (Å²) in [5.41, 5.74) is 3.87. The van der Waals surface area contributed by atoms with Crippen LogP contribution in [0.5, 0.6) is 0 Å². The fourth-order valence-electron chi connectivity index (χ4n) is 3.21. The lowest BCUT2D eigenvalue weighted by molar-refractivity contribution is 0.0983. The maximum absolute atomic E-state index is 13.4. The zero-order chi connectivity index (χ0) is 19.4. The molecule has 0 bridgehead atoms. The number of para-hydroxylation sites is 1. The summed E-state index contributed by atoms with van der Waals surface area (Å²) in [4.78, 5) is 22.4. The number of amides is 1. The zero-order valence-electron chi connectivity index (χ0n) is 16.5. The molecular weight excluding hydrogens is 354 g/mol. The Kier molecular flexibility index (Phi) is 6.24. The van der Waals surface area contributed by atoms with Crippen molar-refractivity contribution in [3.05, 3.63) is 59.2 Å². The van der Waals surface area contributed by atoms with Crippen molar-refractivity contribution in [2.24, 2.45) is 0 Å². The molecule has 0 radical (unpaired) electrons. The van der Waals surface area contributed by atoms with Crippen LogP contribution in [0.4, 0.5) is 5.13 Å². The van der Waals surface area contributed by atoms with Crippen LogP contribution in [0.25, 0.3) is 10.2 Å². The van der Waals surface area contributed by atoms with Gasteiger partial charge in [-0.15, -0.1) is 0 Å². The van der Waals surface area contributed by atoms with Gasteiger partial charge in [0.05, 0.1) is 10.2 Å². The van der Waals surface area contributed by atoms with Crippen LogP contribution in [0.1, 0.15) is 35.3 Å². The first-order valence-corrected chi connectivity index (χ1v) is 10.3. The maximum atomic E-state index is 13.4. The van der Waals surface area contributed by atoms with Crippen LogP contribution in [-0.2, 0) is 0 Å². The standard InChI is InChI=1S/C22H27N3OS/c1-5-24(6-2)14-15-25(21(26)18-12-8-7-10-16(18)3)22-23-20-17(4)11-9-13-19(20)27-22/h7-13H,5-6,14-15H2,1-4H3. The van der Waals surface area contributed by atoms with E-state index in [0.29, 0.717) is 6.54 Å². The lowest BCUT2D eigenvalue weighted by atomic mass is 10.1. The number of anilines is 1. The number of hydrogen-bond donors (Lipinski definition) is 0. The van der Waals surface area contributed by atoms with Gasteiger partial charge in [0.25, 0.3) is 5.91 Å². The Hall–Kier alpha value is -2.24. The van der Waals surface area contributed by atoms with Crippen LogP contribution < -0.4 is 4.90 Å². The van der Waals surface area contributed by atoms with Crippen molar-refractivity contribution >= 4 is 32.6 Å². The van der Waals surface area contributed by atoms with Crippen LogP contribution >= 0.6 is 11.3 Å². The van der Waals surface area contributed by atoms with Crippen molar-refractivity contribution in [3.8, 4) is 0 Å². The van der Waals surface area contributed by atoms with Crippen molar-refractivity contribution in [3.63, 3.8) is 0 Å². The van der Waals surface area contributed by atoms with Crippen LogP contribution in [0.15, 0.2) is 42.5 Å². The molecule has 3 rings (SSSR count). The fraction of sp³-hybridized carbons (Fsp3) is 0.364. The van der Waals surface area contributed by atoms with Gasteiger partial charge in [-0.3, -0.25) is 9.69 Å². The smallest absolute Gasteiger partial charge is 0.260 e. The fourth-order valence-corrected chi connectivity index (χ4v) is 4.28. The SMILES string of the molecule is CCN(CC)CCN(C(=O)c1ccccc1C)c1nc2c(C)cccc2s1. The van der Waals surface area contributed by atoms with Gasteiger partial charge >= 0.3 is 0 Å². The molecule has 4 nitrogen and oxygen atoms in total. The highest BCUT2D eigenvalue weighted by Gasteiger charge is 2.23. The number of rotatable bonds is 7. The van der Waals surface area contributed by atoms with Gasteiger partial charge in [-0.05, 0) is 50.2 Å². The number of aromatic nitrogens is 1. The monoisotopic (exact) mass is 381 g/mol. The van der Waals surface area contributed by atoms with Crippen LogP contribution in [0.3, 0.4) is 0 Å². The van der Waals surface area contributed by atoms with Crippen molar-refractivity contribution in [2.45, 2.75) is 27.7 Å². The number of carbonyl (C=O) groups excluding carboxylic acids is 1. The number of hydrogen-bond acceptors (Lipinski definition) is 4. The molecular formula is C22H27N3OS. The molecule has 5 heteroatoms. The first-order chi connectivity index (χ1) is 13.0. The number of benzene rings is 2. The molecule has 0 saturated carbocycles. The van der Waals surface area contributed by atoms with Crippen LogP contribution in [-0.4, -0.2) is 42.0 Å². The first-order valence-electron chi connectivity index (χ1n) is 9.51. The molecule has 1 aromatic heterocycles. The average Bonchev–Trinajstić information content (AvgIpc) is 3.10. The molecule has 0 aliphatic rings. The van der Waals surface area contributed by atoms with E-state index in [1.165, 1.54) is 0 Å². The largest absolute Gasteiger partial charge is 0.302 e. The highest BCUT2D eigenvalue weighted by Crippen LogP contribution is 2.31. The van der Waals surface area contributed by atoms with E-state index < -0.39 is 0 Å². The summed E-state index contributed by atoms with van der Waals surface area (Å²) in [7, 11) is 0. The summed E-state index contributed by atoms with van der Waals surface area (Å²) in [5, 5.41) is 0.778. The Morgan fingerprint density at radius 2 is 1.67 bits per heavy atom. The molecule has 0 aliphatic heterocycles. The van der Waals surface area contributed by atoms with E-state index >= 15 is 0 Å². The van der Waals surface area contributed by atoms with E-state index in [4.69, 9.17) is 4.98 Å². The van der Waals surface area contributed by atoms with Crippen LogP contribution in [0, 0.1) is 13.8 Å². The molecule has 2 aromatic carbocycles. The van der Waals surface area contributed by atoms with E-state index in [1.54, 1.807) is 11.3 Å². The summed E-state index contributed by atoms with van der Waals surface area (Å²) in [6, 6.07) is 14.0. The van der Waals surface area contributed by atoms with Crippen molar-refractivity contribution in [1.82, 2.24) is 9.88 Å². The Labute approximate surface area is 165 Å². The third-order valence-corrected chi connectivity index (χ3v) is 6.04. The minimum Gasteiger partial charge on any atom is -0.302 e. The second-order valence-electron chi connectivity index (χ2n) is 6.72. The Bertz CT molecular complexity index is 930. The van der Waals surface area contributed by atoms with E-state index in [0.717, 1.165) is 51.7 Å². The summed E-state index contributed by atoms with van der Waals surface area (Å²) in [6.45, 7) is 11.8. The van der Waals surface area contributed by atoms with Crippen molar-refractivity contribution in [1.29, 1.82) is 0 Å². The predicted molar refractivity (Wildman–Crippen MR) is 115 cm³/mol. The van der Waals surface area contributed by atoms with Crippen molar-refractivity contribution < 1.29 is 4.79 Å². The molecule has 0 unspecified atom stereocenters. The molecule has 142 valence electrons. The summed E-state index contributed by atoms with van der Waals surface area (Å²) in [6.07, 6.45) is 0. The summed E-state index contributed by atoms with van der Waals surface area (Å²) < 4.78 is 1.12. The number of thiazole rings is 1. The number of nitrogens with zero attached hydrogens (tertiary/aromatic N) is 3. The normalized spacial score (nSPS) is 11.3. The highest BCUT2D eigenvalue weighted by molar-refractivity contribution is 7.22. The number of likely N-dealkylation sites (N-methyl/N-ethyl adjacent to an activating group) is 1. The van der Waals surface area contributed by atoms with Gasteiger partial charge in [0.15, 0.2) is 5.13 Å². The Morgan fingerprint density at radius 3 is 2.33 bits per heavy atom. The summed E-state index contributed by atoms with van der Waals surface area (Å²) in [5.74, 6) is 0.0250. The average molecular weight is 382 g/mol. The minimum absolute atomic E-state index is 0.0250. The van der Waals surface area contributed by atoms with Gasteiger partial charge in [-0.25, -0.2) is 4.98 Å². The Balaban J connectivity index is 1.99. The lowest BCUT2D eigenvalue weighted by Crippen LogP contribution is -2.39. The molecule has 0 aliphatic carbocycles. The van der Waals surface area contributed by atoms with Crippen LogP contribution in [0.2, 0.25) is 0 Å². The molecule has 0 atom stereocenters. The van der Waals surface area contributed by atoms with E-state index in [1.807, 2.05) is 42.2 Å². The van der Waals surface area contributed by atoms with Crippen molar-refractivity contribution in [2.75, 3.05) is 31.1 Å². The molecule has 1 amide bonds. The Morgan fingerprint density at radius 1 is 0.963 bits per heavy atom. The molecule has 1 heterocycles. The number of aryl methyl sites for hydroxylation is 2. The topological polar surface area (TPSA) is 36.4 Å². The number of fused-ring (bicyclic) bond motifs is 1. The van der Waals surface area contributed by atoms with E-state index in [2.05, 4.69) is 37.8 Å². The second kappa shape index (κ2) is 8.63. The lowest BCUT2D eigenvalue weighted by Gasteiger charge is -2.25. The first kappa shape index (κ1) is 19.5.